The fourth-order valence-electron chi connectivity index (χ4n) is 1.60. The molecule has 2 rings (SSSR count). The van der Waals surface area contributed by atoms with Gasteiger partial charge >= 0.3 is 5.69 Å². The van der Waals surface area contributed by atoms with Gasteiger partial charge in [0.1, 0.15) is 5.15 Å². The van der Waals surface area contributed by atoms with Crippen molar-refractivity contribution in [1.82, 2.24) is 4.98 Å². The van der Waals surface area contributed by atoms with Crippen LogP contribution in [0.4, 0.5) is 17.2 Å². The number of hydrogen-bond donors (Lipinski definition) is 1. The van der Waals surface area contributed by atoms with Crippen LogP contribution >= 0.6 is 11.6 Å². The molecule has 0 aliphatic rings. The standard InChI is InChI=1S/C13H9ClN4O2/c14-12-6-5-11(18(19)20)13(17-12)16-10-3-1-9(2-4-10)7-8-15/h1-6H,7H2,(H,16,17). The highest BCUT2D eigenvalue weighted by molar-refractivity contribution is 6.29. The Kier molecular flexibility index (Phi) is 4.13. The van der Waals surface area contributed by atoms with Gasteiger partial charge in [-0.25, -0.2) is 4.98 Å². The van der Waals surface area contributed by atoms with Gasteiger partial charge in [-0.3, -0.25) is 10.1 Å². The number of halogens is 1. The van der Waals surface area contributed by atoms with E-state index in [1.807, 2.05) is 6.07 Å². The normalized spacial score (nSPS) is 9.80. The van der Waals surface area contributed by atoms with E-state index >= 15 is 0 Å². The van der Waals surface area contributed by atoms with E-state index in [1.54, 1.807) is 24.3 Å². The monoisotopic (exact) mass is 288 g/mol. The Bertz CT molecular complexity index is 680. The fraction of sp³-hybridized carbons (Fsp3) is 0.0769. The molecule has 0 radical (unpaired) electrons. The predicted octanol–water partition coefficient (Wildman–Crippen LogP) is 3.45. The van der Waals surface area contributed by atoms with Crippen LogP contribution in [-0.2, 0) is 6.42 Å². The minimum absolute atomic E-state index is 0.0792. The molecule has 1 heterocycles. The number of pyridine rings is 1. The summed E-state index contributed by atoms with van der Waals surface area (Å²) in [6.45, 7) is 0. The molecule has 0 bridgehead atoms. The third-order valence-electron chi connectivity index (χ3n) is 2.54. The Morgan fingerprint density at radius 3 is 2.60 bits per heavy atom. The number of benzene rings is 1. The van der Waals surface area contributed by atoms with Crippen molar-refractivity contribution in [3.63, 3.8) is 0 Å². The summed E-state index contributed by atoms with van der Waals surface area (Å²) in [6.07, 6.45) is 0.315. The predicted molar refractivity (Wildman–Crippen MR) is 74.9 cm³/mol. The van der Waals surface area contributed by atoms with Crippen LogP contribution in [0.25, 0.3) is 0 Å². The molecule has 0 saturated carbocycles. The molecule has 20 heavy (non-hydrogen) atoms. The molecule has 0 fully saturated rings. The summed E-state index contributed by atoms with van der Waals surface area (Å²) in [6, 6.07) is 11.7. The average molecular weight is 289 g/mol. The topological polar surface area (TPSA) is 91.8 Å². The molecule has 0 aliphatic heterocycles. The summed E-state index contributed by atoms with van der Waals surface area (Å²) in [5, 5.41) is 22.5. The lowest BCUT2D eigenvalue weighted by atomic mass is 10.1. The second-order valence-electron chi connectivity index (χ2n) is 3.92. The second kappa shape index (κ2) is 5.99. The lowest BCUT2D eigenvalue weighted by Gasteiger charge is -2.07. The zero-order valence-corrected chi connectivity index (χ0v) is 11.0. The van der Waals surface area contributed by atoms with Crippen molar-refractivity contribution in [3.8, 4) is 6.07 Å². The maximum absolute atomic E-state index is 10.9. The molecule has 1 N–H and O–H groups in total. The van der Waals surface area contributed by atoms with Crippen molar-refractivity contribution >= 4 is 28.8 Å². The molecule has 0 amide bonds. The largest absolute Gasteiger partial charge is 0.334 e. The van der Waals surface area contributed by atoms with E-state index in [1.165, 1.54) is 12.1 Å². The second-order valence-corrected chi connectivity index (χ2v) is 4.30. The molecule has 6 nitrogen and oxygen atoms in total. The minimum atomic E-state index is -0.532. The van der Waals surface area contributed by atoms with E-state index in [0.29, 0.717) is 12.1 Å². The Labute approximate surface area is 119 Å². The lowest BCUT2D eigenvalue weighted by Crippen LogP contribution is -1.99. The molecular formula is C13H9ClN4O2. The summed E-state index contributed by atoms with van der Waals surface area (Å²) in [4.78, 5) is 14.3. The highest BCUT2D eigenvalue weighted by atomic mass is 35.5. The molecule has 100 valence electrons. The number of nitro groups is 1. The van der Waals surface area contributed by atoms with E-state index in [9.17, 15) is 10.1 Å². The molecule has 1 aromatic heterocycles. The fourth-order valence-corrected chi connectivity index (χ4v) is 1.75. The molecule has 0 unspecified atom stereocenters. The van der Waals surface area contributed by atoms with E-state index in [4.69, 9.17) is 16.9 Å². The molecule has 7 heteroatoms. The zero-order chi connectivity index (χ0) is 14.5. The number of anilines is 2. The molecule has 0 atom stereocenters. The summed E-state index contributed by atoms with van der Waals surface area (Å²) in [5.41, 5.74) is 1.34. The Morgan fingerprint density at radius 1 is 1.30 bits per heavy atom. The first-order chi connectivity index (χ1) is 9.60. The first kappa shape index (κ1) is 13.8. The molecule has 0 saturated heterocycles. The number of hydrogen-bond acceptors (Lipinski definition) is 5. The Hall–Kier alpha value is -2.65. The first-order valence-electron chi connectivity index (χ1n) is 5.64. The van der Waals surface area contributed by atoms with Gasteiger partial charge in [0.2, 0.25) is 5.82 Å². The van der Waals surface area contributed by atoms with Gasteiger partial charge in [-0.2, -0.15) is 5.26 Å². The quantitative estimate of drug-likeness (QED) is 0.528. The number of nitrogens with zero attached hydrogens (tertiary/aromatic N) is 3. The Balaban J connectivity index is 2.27. The van der Waals surface area contributed by atoms with Gasteiger partial charge in [0, 0.05) is 11.8 Å². The maximum atomic E-state index is 10.9. The highest BCUT2D eigenvalue weighted by Crippen LogP contribution is 2.27. The number of aromatic nitrogens is 1. The van der Waals surface area contributed by atoms with E-state index in [0.717, 1.165) is 5.56 Å². The van der Waals surface area contributed by atoms with E-state index < -0.39 is 4.92 Å². The smallest absolute Gasteiger partial charge is 0.311 e. The molecule has 0 spiro atoms. The van der Waals surface area contributed by atoms with Crippen molar-refractivity contribution in [2.75, 3.05) is 5.32 Å². The van der Waals surface area contributed by atoms with Crippen LogP contribution in [0, 0.1) is 21.4 Å². The van der Waals surface area contributed by atoms with Crippen LogP contribution in [-0.4, -0.2) is 9.91 Å². The molecular weight excluding hydrogens is 280 g/mol. The third kappa shape index (κ3) is 3.22. The van der Waals surface area contributed by atoms with Gasteiger partial charge in [0.15, 0.2) is 0 Å². The summed E-state index contributed by atoms with van der Waals surface area (Å²) in [5.74, 6) is 0.0792. The van der Waals surface area contributed by atoms with Crippen molar-refractivity contribution < 1.29 is 4.92 Å². The number of nitriles is 1. The van der Waals surface area contributed by atoms with E-state index in [2.05, 4.69) is 10.3 Å². The number of nitrogens with one attached hydrogen (secondary N) is 1. The van der Waals surface area contributed by atoms with Crippen molar-refractivity contribution in [1.29, 1.82) is 5.26 Å². The highest BCUT2D eigenvalue weighted by Gasteiger charge is 2.15. The molecule has 1 aromatic carbocycles. The van der Waals surface area contributed by atoms with Gasteiger partial charge in [-0.1, -0.05) is 23.7 Å². The van der Waals surface area contributed by atoms with Crippen molar-refractivity contribution in [3.05, 3.63) is 57.2 Å². The summed E-state index contributed by atoms with van der Waals surface area (Å²) in [7, 11) is 0. The average Bonchev–Trinajstić information content (AvgIpc) is 2.41. The molecule has 2 aromatic rings. The van der Waals surface area contributed by atoms with E-state index in [-0.39, 0.29) is 16.7 Å². The van der Waals surface area contributed by atoms with Crippen LogP contribution < -0.4 is 5.32 Å². The van der Waals surface area contributed by atoms with Crippen LogP contribution in [0.3, 0.4) is 0 Å². The van der Waals surface area contributed by atoms with Gasteiger partial charge < -0.3 is 5.32 Å². The van der Waals surface area contributed by atoms with Crippen LogP contribution in [0.2, 0.25) is 5.15 Å². The first-order valence-corrected chi connectivity index (χ1v) is 6.02. The molecule has 0 aliphatic carbocycles. The van der Waals surface area contributed by atoms with Crippen LogP contribution in [0.5, 0.6) is 0 Å². The van der Waals surface area contributed by atoms with Crippen LogP contribution in [0.1, 0.15) is 5.56 Å². The van der Waals surface area contributed by atoms with Crippen molar-refractivity contribution in [2.24, 2.45) is 0 Å². The summed E-state index contributed by atoms with van der Waals surface area (Å²) >= 11 is 5.74. The zero-order valence-electron chi connectivity index (χ0n) is 10.2. The SMILES string of the molecule is N#CCc1ccc(Nc2nc(Cl)ccc2[N+](=O)[O-])cc1. The van der Waals surface area contributed by atoms with Gasteiger partial charge in [-0.05, 0) is 23.8 Å². The van der Waals surface area contributed by atoms with Gasteiger partial charge in [-0.15, -0.1) is 0 Å². The minimum Gasteiger partial charge on any atom is -0.334 e. The lowest BCUT2D eigenvalue weighted by molar-refractivity contribution is -0.384. The van der Waals surface area contributed by atoms with Gasteiger partial charge in [0.05, 0.1) is 17.4 Å². The van der Waals surface area contributed by atoms with Crippen LogP contribution in [0.15, 0.2) is 36.4 Å². The summed E-state index contributed by atoms with van der Waals surface area (Å²) < 4.78 is 0. The number of rotatable bonds is 4. The Morgan fingerprint density at radius 2 is 2.00 bits per heavy atom. The van der Waals surface area contributed by atoms with Gasteiger partial charge in [0.25, 0.3) is 0 Å². The maximum Gasteiger partial charge on any atom is 0.311 e. The third-order valence-corrected chi connectivity index (χ3v) is 2.75. The van der Waals surface area contributed by atoms with Crippen molar-refractivity contribution in [2.45, 2.75) is 6.42 Å².